The van der Waals surface area contributed by atoms with Crippen LogP contribution in [0, 0.1) is 46.7 Å². The van der Waals surface area contributed by atoms with E-state index < -0.39 is 63.4 Å². The fourth-order valence-corrected chi connectivity index (χ4v) is 5.66. The molecule has 0 radical (unpaired) electrons. The largest absolute Gasteiger partial charge is 0.432 e. The van der Waals surface area contributed by atoms with E-state index >= 15 is 8.78 Å². The Balaban J connectivity index is 1.40. The monoisotopic (exact) mass is 578 g/mol. The zero-order chi connectivity index (χ0) is 29.5. The maximum absolute atomic E-state index is 15.5. The summed E-state index contributed by atoms with van der Waals surface area (Å²) < 4.78 is 121. The first kappa shape index (κ1) is 28.9. The Morgan fingerprint density at radius 2 is 1.32 bits per heavy atom. The van der Waals surface area contributed by atoms with E-state index in [1.54, 1.807) is 0 Å². The molecule has 9 heteroatoms. The molecule has 0 bridgehead atoms. The van der Waals surface area contributed by atoms with Crippen LogP contribution in [0.15, 0.2) is 54.6 Å². The summed E-state index contributed by atoms with van der Waals surface area (Å²) in [6.07, 6.45) is 0.870. The molecule has 0 unspecified atom stereocenters. The van der Waals surface area contributed by atoms with E-state index in [0.29, 0.717) is 30.9 Å². The highest BCUT2D eigenvalue weighted by Gasteiger charge is 2.43. The van der Waals surface area contributed by atoms with Crippen LogP contribution >= 0.6 is 0 Å². The van der Waals surface area contributed by atoms with Gasteiger partial charge in [0.05, 0.1) is 11.3 Å². The van der Waals surface area contributed by atoms with E-state index in [2.05, 4.69) is 6.92 Å². The third-order valence-electron chi connectivity index (χ3n) is 7.86. The van der Waals surface area contributed by atoms with Gasteiger partial charge in [-0.05, 0) is 78.4 Å². The second kappa shape index (κ2) is 11.3. The van der Waals surface area contributed by atoms with Gasteiger partial charge < -0.3 is 4.74 Å². The van der Waals surface area contributed by atoms with E-state index in [0.717, 1.165) is 31.7 Å². The SMILES string of the molecule is CCCC1CCC(C(F)(F)Oc2ccc(-c3ccc4cc(-c5cc(F)c(F)c(F)c5)c(F)c(F)c4c3F)cc2)CC1. The highest BCUT2D eigenvalue weighted by molar-refractivity contribution is 5.92. The summed E-state index contributed by atoms with van der Waals surface area (Å²) in [6, 6.07) is 9.77. The zero-order valence-electron chi connectivity index (χ0n) is 22.0. The van der Waals surface area contributed by atoms with Crippen LogP contribution in [-0.4, -0.2) is 6.11 Å². The van der Waals surface area contributed by atoms with Gasteiger partial charge in [-0.2, -0.15) is 8.78 Å². The van der Waals surface area contributed by atoms with Crippen LogP contribution < -0.4 is 4.74 Å². The van der Waals surface area contributed by atoms with Crippen LogP contribution in [0.2, 0.25) is 0 Å². The van der Waals surface area contributed by atoms with Crippen LogP contribution in [0.25, 0.3) is 33.0 Å². The molecule has 4 aromatic rings. The van der Waals surface area contributed by atoms with Crippen molar-refractivity contribution >= 4 is 10.8 Å². The van der Waals surface area contributed by atoms with Crippen LogP contribution in [0.5, 0.6) is 5.75 Å². The van der Waals surface area contributed by atoms with Crippen molar-refractivity contribution in [1.82, 2.24) is 0 Å². The molecule has 1 aliphatic carbocycles. The van der Waals surface area contributed by atoms with E-state index in [-0.39, 0.29) is 22.3 Å². The Morgan fingerprint density at radius 1 is 0.683 bits per heavy atom. The van der Waals surface area contributed by atoms with Gasteiger partial charge in [0.2, 0.25) is 0 Å². The van der Waals surface area contributed by atoms with Gasteiger partial charge >= 0.3 is 6.11 Å². The molecule has 0 amide bonds. The van der Waals surface area contributed by atoms with Gasteiger partial charge in [-0.1, -0.05) is 44.0 Å². The number of halogens is 8. The Hall–Kier alpha value is -3.62. The summed E-state index contributed by atoms with van der Waals surface area (Å²) in [5.41, 5.74) is -0.978. The van der Waals surface area contributed by atoms with Crippen molar-refractivity contribution in [2.75, 3.05) is 0 Å². The van der Waals surface area contributed by atoms with Gasteiger partial charge in [-0.3, -0.25) is 0 Å². The maximum atomic E-state index is 15.5. The summed E-state index contributed by atoms with van der Waals surface area (Å²) in [5.74, 6) is -9.80. The smallest absolute Gasteiger partial charge is 0.400 e. The molecule has 4 aromatic carbocycles. The molecule has 0 aliphatic heterocycles. The zero-order valence-corrected chi connectivity index (χ0v) is 22.0. The van der Waals surface area contributed by atoms with Crippen molar-refractivity contribution in [3.63, 3.8) is 0 Å². The molecule has 0 saturated heterocycles. The minimum atomic E-state index is -3.37. The first-order valence-corrected chi connectivity index (χ1v) is 13.4. The van der Waals surface area contributed by atoms with Crippen molar-refractivity contribution in [2.45, 2.75) is 51.6 Å². The fraction of sp³-hybridized carbons (Fsp3) is 0.312. The predicted octanol–water partition coefficient (Wildman–Crippen LogP) is 10.6. The van der Waals surface area contributed by atoms with Crippen LogP contribution in [0.1, 0.15) is 45.4 Å². The molecule has 0 heterocycles. The van der Waals surface area contributed by atoms with E-state index in [4.69, 9.17) is 4.74 Å². The lowest BCUT2D eigenvalue weighted by Crippen LogP contribution is -2.37. The third-order valence-corrected chi connectivity index (χ3v) is 7.86. The molecule has 5 rings (SSSR count). The Kier molecular flexibility index (Phi) is 7.99. The average molecular weight is 579 g/mol. The lowest BCUT2D eigenvalue weighted by atomic mass is 9.79. The number of benzene rings is 4. The molecular formula is C32H26F8O. The molecule has 1 fully saturated rings. The maximum Gasteiger partial charge on any atom is 0.400 e. The lowest BCUT2D eigenvalue weighted by molar-refractivity contribution is -0.223. The summed E-state index contributed by atoms with van der Waals surface area (Å²) in [7, 11) is 0. The Bertz CT molecular complexity index is 1550. The number of rotatable bonds is 7. The normalized spacial score (nSPS) is 17.7. The highest BCUT2D eigenvalue weighted by Crippen LogP contribution is 2.42. The van der Waals surface area contributed by atoms with E-state index in [1.165, 1.54) is 36.4 Å². The Morgan fingerprint density at radius 3 is 1.93 bits per heavy atom. The van der Waals surface area contributed by atoms with Gasteiger partial charge in [0, 0.05) is 11.1 Å². The van der Waals surface area contributed by atoms with Gasteiger partial charge in [-0.15, -0.1) is 0 Å². The van der Waals surface area contributed by atoms with Crippen LogP contribution in [0.3, 0.4) is 0 Å². The predicted molar refractivity (Wildman–Crippen MR) is 140 cm³/mol. The van der Waals surface area contributed by atoms with Crippen molar-refractivity contribution in [3.05, 3.63) is 89.5 Å². The summed E-state index contributed by atoms with van der Waals surface area (Å²) in [5, 5.41) is -0.823. The number of ether oxygens (including phenoxy) is 1. The average Bonchev–Trinajstić information content (AvgIpc) is 2.94. The third kappa shape index (κ3) is 5.63. The molecule has 0 spiro atoms. The van der Waals surface area contributed by atoms with Crippen molar-refractivity contribution in [1.29, 1.82) is 0 Å². The van der Waals surface area contributed by atoms with E-state index in [9.17, 15) is 26.3 Å². The summed E-state index contributed by atoms with van der Waals surface area (Å²) >= 11 is 0. The number of fused-ring (bicyclic) bond motifs is 1. The number of hydrogen-bond acceptors (Lipinski definition) is 1. The summed E-state index contributed by atoms with van der Waals surface area (Å²) in [6.45, 7) is 2.07. The molecular weight excluding hydrogens is 552 g/mol. The van der Waals surface area contributed by atoms with Gasteiger partial charge in [0.15, 0.2) is 29.1 Å². The second-order valence-corrected chi connectivity index (χ2v) is 10.5. The van der Waals surface area contributed by atoms with Crippen molar-refractivity contribution < 1.29 is 39.9 Å². The van der Waals surface area contributed by atoms with Gasteiger partial charge in [0.25, 0.3) is 0 Å². The molecule has 1 saturated carbocycles. The lowest BCUT2D eigenvalue weighted by Gasteiger charge is -2.33. The first-order chi connectivity index (χ1) is 19.5. The Labute approximate surface area is 231 Å². The van der Waals surface area contributed by atoms with Crippen LogP contribution in [-0.2, 0) is 0 Å². The second-order valence-electron chi connectivity index (χ2n) is 10.5. The topological polar surface area (TPSA) is 9.23 Å². The minimum absolute atomic E-state index is 0.112. The molecule has 1 aliphatic rings. The van der Waals surface area contributed by atoms with Crippen LogP contribution in [0.4, 0.5) is 35.1 Å². The van der Waals surface area contributed by atoms with Crippen molar-refractivity contribution in [3.8, 4) is 28.0 Å². The van der Waals surface area contributed by atoms with E-state index in [1.807, 2.05) is 0 Å². The summed E-state index contributed by atoms with van der Waals surface area (Å²) in [4.78, 5) is 0. The fourth-order valence-electron chi connectivity index (χ4n) is 5.66. The standard InChI is InChI=1S/C32H26F8O/c1-2-3-17-4-9-21(10-5-17)32(39,40)41-22-11-6-18(7-12-22)23-13-8-19-14-24(29(36)31(38)27(19)28(23)35)20-15-25(33)30(37)26(34)16-20/h6-8,11-17,21H,2-5,9-10H2,1H3. The molecule has 0 N–H and O–H groups in total. The first-order valence-electron chi connectivity index (χ1n) is 13.4. The van der Waals surface area contributed by atoms with Gasteiger partial charge in [0.1, 0.15) is 11.6 Å². The molecule has 1 nitrogen and oxygen atoms in total. The molecule has 216 valence electrons. The molecule has 41 heavy (non-hydrogen) atoms. The molecule has 0 atom stereocenters. The molecule has 0 aromatic heterocycles. The number of hydrogen-bond donors (Lipinski definition) is 0. The quantitative estimate of drug-likeness (QED) is 0.157. The number of alkyl halides is 2. The highest BCUT2D eigenvalue weighted by atomic mass is 19.3. The minimum Gasteiger partial charge on any atom is -0.432 e. The van der Waals surface area contributed by atoms with Gasteiger partial charge in [-0.25, -0.2) is 26.3 Å². The van der Waals surface area contributed by atoms with Crippen molar-refractivity contribution in [2.24, 2.45) is 11.8 Å².